The van der Waals surface area contributed by atoms with Crippen molar-refractivity contribution < 1.29 is 5.11 Å². The molecule has 4 nitrogen and oxygen atoms in total. The van der Waals surface area contributed by atoms with Gasteiger partial charge < -0.3 is 10.4 Å². The molecule has 1 aromatic rings. The number of rotatable bonds is 2. The fourth-order valence-corrected chi connectivity index (χ4v) is 1.48. The van der Waals surface area contributed by atoms with Gasteiger partial charge in [-0.2, -0.15) is 0 Å². The zero-order valence-corrected chi connectivity index (χ0v) is 7.70. The Bertz CT molecular complexity index is 301. The highest BCUT2D eigenvalue weighted by molar-refractivity contribution is 6.31. The summed E-state index contributed by atoms with van der Waals surface area (Å²) in [4.78, 5) is 7.93. The van der Waals surface area contributed by atoms with Gasteiger partial charge in [0.15, 0.2) is 11.0 Å². The van der Waals surface area contributed by atoms with Gasteiger partial charge in [-0.15, -0.1) is 0 Å². The Morgan fingerprint density at radius 1 is 1.38 bits per heavy atom. The lowest BCUT2D eigenvalue weighted by molar-refractivity contribution is 0.0835. The van der Waals surface area contributed by atoms with Gasteiger partial charge >= 0.3 is 0 Å². The summed E-state index contributed by atoms with van der Waals surface area (Å²) in [5, 5.41) is 12.5. The van der Waals surface area contributed by atoms with Gasteiger partial charge in [0.05, 0.1) is 6.10 Å². The van der Waals surface area contributed by atoms with Crippen molar-refractivity contribution in [2.45, 2.75) is 25.0 Å². The van der Waals surface area contributed by atoms with Crippen LogP contribution in [0.4, 0.5) is 5.82 Å². The van der Waals surface area contributed by atoms with E-state index in [9.17, 15) is 0 Å². The minimum Gasteiger partial charge on any atom is -0.393 e. The van der Waals surface area contributed by atoms with Crippen LogP contribution < -0.4 is 5.32 Å². The molecule has 1 saturated carbocycles. The second kappa shape index (κ2) is 3.47. The first-order chi connectivity index (χ1) is 6.25. The number of anilines is 1. The van der Waals surface area contributed by atoms with E-state index >= 15 is 0 Å². The Kier molecular flexibility index (Phi) is 2.33. The number of nitrogens with zero attached hydrogens (tertiary/aromatic N) is 2. The SMILES string of the molecule is OC1CC(Nc2nccnc2Cl)C1. The van der Waals surface area contributed by atoms with Crippen molar-refractivity contribution >= 4 is 17.4 Å². The molecule has 0 amide bonds. The molecule has 1 aromatic heterocycles. The normalized spacial score (nSPS) is 26.6. The largest absolute Gasteiger partial charge is 0.393 e. The molecule has 0 aliphatic heterocycles. The second-order valence-electron chi connectivity index (χ2n) is 3.16. The quantitative estimate of drug-likeness (QED) is 0.748. The van der Waals surface area contributed by atoms with Crippen LogP contribution in [-0.4, -0.2) is 27.2 Å². The van der Waals surface area contributed by atoms with Crippen molar-refractivity contribution in [3.63, 3.8) is 0 Å². The van der Waals surface area contributed by atoms with E-state index in [0.717, 1.165) is 12.8 Å². The molecule has 0 aromatic carbocycles. The Morgan fingerprint density at radius 3 is 2.69 bits per heavy atom. The van der Waals surface area contributed by atoms with E-state index in [4.69, 9.17) is 16.7 Å². The van der Waals surface area contributed by atoms with Gasteiger partial charge in [0.1, 0.15) is 0 Å². The Hall–Kier alpha value is -0.870. The molecule has 1 aliphatic carbocycles. The van der Waals surface area contributed by atoms with Crippen LogP contribution in [0.3, 0.4) is 0 Å². The Balaban J connectivity index is 1.98. The van der Waals surface area contributed by atoms with Gasteiger partial charge in [0.25, 0.3) is 0 Å². The van der Waals surface area contributed by atoms with Crippen molar-refractivity contribution in [1.29, 1.82) is 0 Å². The highest BCUT2D eigenvalue weighted by atomic mass is 35.5. The molecule has 0 saturated heterocycles. The van der Waals surface area contributed by atoms with Crippen LogP contribution in [0.1, 0.15) is 12.8 Å². The first-order valence-corrected chi connectivity index (χ1v) is 4.54. The summed E-state index contributed by atoms with van der Waals surface area (Å²) in [7, 11) is 0. The van der Waals surface area contributed by atoms with Crippen molar-refractivity contribution in [2.75, 3.05) is 5.32 Å². The highest BCUT2D eigenvalue weighted by Crippen LogP contribution is 2.25. The van der Waals surface area contributed by atoms with E-state index in [-0.39, 0.29) is 12.1 Å². The summed E-state index contributed by atoms with van der Waals surface area (Å²) in [6, 6.07) is 0.282. The first kappa shape index (κ1) is 8.72. The molecule has 1 fully saturated rings. The molecule has 1 heterocycles. The van der Waals surface area contributed by atoms with E-state index in [1.165, 1.54) is 0 Å². The lowest BCUT2D eigenvalue weighted by atomic mass is 9.90. The minimum absolute atomic E-state index is 0.173. The molecule has 0 radical (unpaired) electrons. The fourth-order valence-electron chi connectivity index (χ4n) is 1.32. The summed E-state index contributed by atoms with van der Waals surface area (Å²) < 4.78 is 0. The molecule has 0 bridgehead atoms. The standard InChI is InChI=1S/C8H10ClN3O/c9-7-8(11-2-1-10-7)12-5-3-6(13)4-5/h1-2,5-6,13H,3-4H2,(H,11,12). The number of aromatic nitrogens is 2. The summed E-state index contributed by atoms with van der Waals surface area (Å²) in [6.45, 7) is 0. The minimum atomic E-state index is -0.173. The molecular weight excluding hydrogens is 190 g/mol. The molecule has 2 N–H and O–H groups in total. The molecule has 0 spiro atoms. The second-order valence-corrected chi connectivity index (χ2v) is 3.52. The van der Waals surface area contributed by atoms with E-state index in [1.54, 1.807) is 12.4 Å². The average Bonchev–Trinajstić information content (AvgIpc) is 2.06. The van der Waals surface area contributed by atoms with Gasteiger partial charge in [-0.05, 0) is 12.8 Å². The summed E-state index contributed by atoms with van der Waals surface area (Å²) in [6.07, 6.45) is 4.47. The summed E-state index contributed by atoms with van der Waals surface area (Å²) in [5.74, 6) is 0.598. The number of aliphatic hydroxyl groups excluding tert-OH is 1. The molecule has 13 heavy (non-hydrogen) atoms. The molecule has 5 heteroatoms. The van der Waals surface area contributed by atoms with Crippen molar-refractivity contribution in [3.8, 4) is 0 Å². The number of aliphatic hydroxyl groups is 1. The van der Waals surface area contributed by atoms with Gasteiger partial charge in [-0.25, -0.2) is 9.97 Å². The molecule has 1 aliphatic rings. The zero-order valence-electron chi connectivity index (χ0n) is 6.94. The molecule has 0 unspecified atom stereocenters. The van der Waals surface area contributed by atoms with Crippen molar-refractivity contribution in [2.24, 2.45) is 0 Å². The van der Waals surface area contributed by atoms with Gasteiger partial charge in [0, 0.05) is 18.4 Å². The third-order valence-corrected chi connectivity index (χ3v) is 2.38. The van der Waals surface area contributed by atoms with E-state index in [1.807, 2.05) is 0 Å². The third kappa shape index (κ3) is 1.89. The Morgan fingerprint density at radius 2 is 2.08 bits per heavy atom. The predicted octanol–water partition coefficient (Wildman–Crippen LogP) is 1.07. The molecule has 0 atom stereocenters. The van der Waals surface area contributed by atoms with Gasteiger partial charge in [0.2, 0.25) is 0 Å². The van der Waals surface area contributed by atoms with Crippen LogP contribution >= 0.6 is 11.6 Å². The number of halogens is 1. The van der Waals surface area contributed by atoms with Crippen LogP contribution in [0.15, 0.2) is 12.4 Å². The number of hydrogen-bond donors (Lipinski definition) is 2. The van der Waals surface area contributed by atoms with E-state index in [0.29, 0.717) is 11.0 Å². The smallest absolute Gasteiger partial charge is 0.171 e. The third-order valence-electron chi connectivity index (χ3n) is 2.11. The highest BCUT2D eigenvalue weighted by Gasteiger charge is 2.27. The molecule has 70 valence electrons. The van der Waals surface area contributed by atoms with Crippen LogP contribution in [0, 0.1) is 0 Å². The summed E-state index contributed by atoms with van der Waals surface area (Å²) in [5.41, 5.74) is 0. The van der Waals surface area contributed by atoms with Crippen LogP contribution in [0.2, 0.25) is 5.15 Å². The van der Waals surface area contributed by atoms with Crippen molar-refractivity contribution in [3.05, 3.63) is 17.5 Å². The van der Waals surface area contributed by atoms with Crippen LogP contribution in [0.25, 0.3) is 0 Å². The van der Waals surface area contributed by atoms with E-state index in [2.05, 4.69) is 15.3 Å². The summed E-state index contributed by atoms with van der Waals surface area (Å²) >= 11 is 5.79. The van der Waals surface area contributed by atoms with Crippen molar-refractivity contribution in [1.82, 2.24) is 9.97 Å². The lowest BCUT2D eigenvalue weighted by Gasteiger charge is -2.32. The molecule has 2 rings (SSSR count). The van der Waals surface area contributed by atoms with Gasteiger partial charge in [-0.3, -0.25) is 0 Å². The maximum atomic E-state index is 9.06. The van der Waals surface area contributed by atoms with E-state index < -0.39 is 0 Å². The zero-order chi connectivity index (χ0) is 9.26. The molecular formula is C8H10ClN3O. The fraction of sp³-hybridized carbons (Fsp3) is 0.500. The maximum absolute atomic E-state index is 9.06. The first-order valence-electron chi connectivity index (χ1n) is 4.17. The maximum Gasteiger partial charge on any atom is 0.171 e. The lowest BCUT2D eigenvalue weighted by Crippen LogP contribution is -2.39. The van der Waals surface area contributed by atoms with Gasteiger partial charge in [-0.1, -0.05) is 11.6 Å². The average molecular weight is 200 g/mol. The monoisotopic (exact) mass is 199 g/mol. The van der Waals surface area contributed by atoms with Crippen LogP contribution in [-0.2, 0) is 0 Å². The van der Waals surface area contributed by atoms with Crippen LogP contribution in [0.5, 0.6) is 0 Å². The topological polar surface area (TPSA) is 58.0 Å². The Labute approximate surface area is 81.0 Å². The number of hydrogen-bond acceptors (Lipinski definition) is 4. The predicted molar refractivity (Wildman–Crippen MR) is 49.7 cm³/mol. The number of nitrogens with one attached hydrogen (secondary N) is 1.